The first-order valence-corrected chi connectivity index (χ1v) is 7.49. The van der Waals surface area contributed by atoms with E-state index in [1.54, 1.807) is 24.3 Å². The van der Waals surface area contributed by atoms with Gasteiger partial charge in [-0.1, -0.05) is 37.6 Å². The number of carbonyl (C=O) groups is 3. The minimum atomic E-state index is -0.901. The first-order chi connectivity index (χ1) is 10.4. The zero-order valence-electron chi connectivity index (χ0n) is 12.5. The van der Waals surface area contributed by atoms with E-state index >= 15 is 0 Å². The Morgan fingerprint density at radius 3 is 2.45 bits per heavy atom. The van der Waals surface area contributed by atoms with Crippen LogP contribution in [-0.2, 0) is 9.59 Å². The molecule has 0 aromatic heterocycles. The molecule has 4 amide bonds. The highest BCUT2D eigenvalue weighted by Crippen LogP contribution is 2.25. The summed E-state index contributed by atoms with van der Waals surface area (Å²) in [5.74, 6) is -0.837. The number of hydrogen-bond acceptors (Lipinski definition) is 3. The fourth-order valence-electron chi connectivity index (χ4n) is 2.44. The number of imide groups is 1. The molecule has 1 aromatic carbocycles. The van der Waals surface area contributed by atoms with Crippen molar-refractivity contribution in [1.29, 1.82) is 0 Å². The Morgan fingerprint density at radius 2 is 1.91 bits per heavy atom. The summed E-state index contributed by atoms with van der Waals surface area (Å²) in [6.45, 7) is 3.32. The van der Waals surface area contributed by atoms with Crippen molar-refractivity contribution in [2.45, 2.75) is 32.2 Å². The molecule has 2 N–H and O–H groups in total. The summed E-state index contributed by atoms with van der Waals surface area (Å²) in [6.07, 6.45) is 0.966. The van der Waals surface area contributed by atoms with Gasteiger partial charge in [0.1, 0.15) is 12.1 Å². The topological polar surface area (TPSA) is 78.5 Å². The van der Waals surface area contributed by atoms with Gasteiger partial charge in [-0.25, -0.2) is 4.79 Å². The zero-order valence-corrected chi connectivity index (χ0v) is 13.2. The molecule has 0 atom stereocenters. The van der Waals surface area contributed by atoms with Crippen LogP contribution in [-0.4, -0.2) is 34.8 Å². The monoisotopic (exact) mass is 323 g/mol. The average molecular weight is 324 g/mol. The van der Waals surface area contributed by atoms with E-state index in [-0.39, 0.29) is 12.5 Å². The number of nitrogens with one attached hydrogen (secondary N) is 2. The summed E-state index contributed by atoms with van der Waals surface area (Å²) >= 11 is 5.96. The van der Waals surface area contributed by atoms with Gasteiger partial charge >= 0.3 is 6.03 Å². The number of anilines is 1. The lowest BCUT2D eigenvalue weighted by atomic mass is 9.93. The number of rotatable bonds is 5. The van der Waals surface area contributed by atoms with Crippen molar-refractivity contribution in [2.75, 3.05) is 11.9 Å². The van der Waals surface area contributed by atoms with E-state index in [4.69, 9.17) is 11.6 Å². The van der Waals surface area contributed by atoms with Crippen molar-refractivity contribution < 1.29 is 14.4 Å². The second kappa shape index (κ2) is 6.36. The third-order valence-corrected chi connectivity index (χ3v) is 4.23. The van der Waals surface area contributed by atoms with Gasteiger partial charge in [-0.05, 0) is 25.0 Å². The number of halogens is 1. The van der Waals surface area contributed by atoms with E-state index < -0.39 is 17.5 Å². The van der Waals surface area contributed by atoms with E-state index in [0.717, 1.165) is 4.90 Å². The standard InChI is InChI=1S/C15H18ClN3O3/c1-3-15(4-2)13(21)19(14(22)18-15)9-12(20)17-11-8-6-5-7-10(11)16/h5-8H,3-4,9H2,1-2H3,(H,17,20)(H,18,22). The number of nitrogens with zero attached hydrogens (tertiary/aromatic N) is 1. The highest BCUT2D eigenvalue weighted by atomic mass is 35.5. The first kappa shape index (κ1) is 16.3. The third kappa shape index (κ3) is 2.92. The number of carbonyl (C=O) groups excluding carboxylic acids is 3. The number of benzene rings is 1. The van der Waals surface area contributed by atoms with Gasteiger partial charge in [0.2, 0.25) is 5.91 Å². The Kier molecular flexibility index (Phi) is 4.71. The van der Waals surface area contributed by atoms with E-state index in [0.29, 0.717) is 23.6 Å². The Morgan fingerprint density at radius 1 is 1.27 bits per heavy atom. The molecule has 1 aromatic rings. The minimum Gasteiger partial charge on any atom is -0.323 e. The van der Waals surface area contributed by atoms with Gasteiger partial charge in [-0.2, -0.15) is 0 Å². The summed E-state index contributed by atoms with van der Waals surface area (Å²) in [7, 11) is 0. The lowest BCUT2D eigenvalue weighted by Gasteiger charge is -2.23. The molecule has 1 aliphatic rings. The molecule has 1 aliphatic heterocycles. The number of para-hydroxylation sites is 1. The molecule has 0 spiro atoms. The van der Waals surface area contributed by atoms with Crippen molar-refractivity contribution in [3.05, 3.63) is 29.3 Å². The van der Waals surface area contributed by atoms with E-state index in [1.807, 2.05) is 13.8 Å². The van der Waals surface area contributed by atoms with Crippen molar-refractivity contribution in [1.82, 2.24) is 10.2 Å². The molecule has 118 valence electrons. The molecule has 22 heavy (non-hydrogen) atoms. The summed E-state index contributed by atoms with van der Waals surface area (Å²) in [5, 5.41) is 5.67. The van der Waals surface area contributed by atoms with Crippen molar-refractivity contribution in [3.63, 3.8) is 0 Å². The Bertz CT molecular complexity index is 614. The van der Waals surface area contributed by atoms with Crippen molar-refractivity contribution >= 4 is 35.1 Å². The molecule has 7 heteroatoms. The van der Waals surface area contributed by atoms with Crippen LogP contribution in [0.25, 0.3) is 0 Å². The molecule has 2 rings (SSSR count). The summed E-state index contributed by atoms with van der Waals surface area (Å²) in [4.78, 5) is 37.4. The van der Waals surface area contributed by atoms with Crippen LogP contribution in [0.5, 0.6) is 0 Å². The van der Waals surface area contributed by atoms with Gasteiger partial charge in [0.15, 0.2) is 0 Å². The highest BCUT2D eigenvalue weighted by Gasteiger charge is 2.49. The predicted octanol–water partition coefficient (Wildman–Crippen LogP) is 2.39. The van der Waals surface area contributed by atoms with Gasteiger partial charge in [-0.15, -0.1) is 0 Å². The quantitative estimate of drug-likeness (QED) is 0.817. The van der Waals surface area contributed by atoms with Crippen LogP contribution >= 0.6 is 11.6 Å². The summed E-state index contributed by atoms with van der Waals surface area (Å²) in [6, 6.07) is 6.22. The number of amides is 4. The normalized spacial score (nSPS) is 16.6. The van der Waals surface area contributed by atoms with Crippen LogP contribution in [0.3, 0.4) is 0 Å². The maximum atomic E-state index is 12.4. The summed E-state index contributed by atoms with van der Waals surface area (Å²) in [5.41, 5.74) is -0.458. The zero-order chi connectivity index (χ0) is 16.3. The fraction of sp³-hybridized carbons (Fsp3) is 0.400. The SMILES string of the molecule is CCC1(CC)NC(=O)N(CC(=O)Nc2ccccc2Cl)C1=O. The summed E-state index contributed by atoms with van der Waals surface area (Å²) < 4.78 is 0. The molecule has 0 bridgehead atoms. The first-order valence-electron chi connectivity index (χ1n) is 7.12. The maximum absolute atomic E-state index is 12.4. The van der Waals surface area contributed by atoms with Crippen LogP contribution in [0, 0.1) is 0 Å². The van der Waals surface area contributed by atoms with Gasteiger partial charge in [0.05, 0.1) is 10.7 Å². The molecule has 6 nitrogen and oxygen atoms in total. The molecule has 0 aliphatic carbocycles. The number of urea groups is 1. The molecule has 1 heterocycles. The predicted molar refractivity (Wildman–Crippen MR) is 83.6 cm³/mol. The molecular weight excluding hydrogens is 306 g/mol. The largest absolute Gasteiger partial charge is 0.325 e. The van der Waals surface area contributed by atoms with Gasteiger partial charge < -0.3 is 10.6 Å². The van der Waals surface area contributed by atoms with Crippen LogP contribution in [0.1, 0.15) is 26.7 Å². The molecule has 0 saturated carbocycles. The van der Waals surface area contributed by atoms with Crippen molar-refractivity contribution in [3.8, 4) is 0 Å². The maximum Gasteiger partial charge on any atom is 0.325 e. The van der Waals surface area contributed by atoms with Crippen LogP contribution in [0.4, 0.5) is 10.5 Å². The molecular formula is C15H18ClN3O3. The van der Waals surface area contributed by atoms with Crippen LogP contribution in [0.15, 0.2) is 24.3 Å². The smallest absolute Gasteiger partial charge is 0.323 e. The second-order valence-corrected chi connectivity index (χ2v) is 5.55. The Labute approximate surface area is 133 Å². The fourth-order valence-corrected chi connectivity index (χ4v) is 2.63. The number of hydrogen-bond donors (Lipinski definition) is 2. The molecule has 1 fully saturated rings. The van der Waals surface area contributed by atoms with Crippen LogP contribution in [0.2, 0.25) is 5.02 Å². The van der Waals surface area contributed by atoms with Gasteiger partial charge in [-0.3, -0.25) is 14.5 Å². The Hall–Kier alpha value is -2.08. The highest BCUT2D eigenvalue weighted by molar-refractivity contribution is 6.33. The van der Waals surface area contributed by atoms with Crippen LogP contribution < -0.4 is 10.6 Å². The van der Waals surface area contributed by atoms with E-state index in [2.05, 4.69) is 10.6 Å². The van der Waals surface area contributed by atoms with Gasteiger partial charge in [0, 0.05) is 0 Å². The average Bonchev–Trinajstić information content (AvgIpc) is 2.74. The molecule has 0 unspecified atom stereocenters. The molecule has 0 radical (unpaired) electrons. The lowest BCUT2D eigenvalue weighted by molar-refractivity contribution is -0.134. The second-order valence-electron chi connectivity index (χ2n) is 5.14. The Balaban J connectivity index is 2.08. The minimum absolute atomic E-state index is 0.336. The van der Waals surface area contributed by atoms with Gasteiger partial charge in [0.25, 0.3) is 5.91 Å². The van der Waals surface area contributed by atoms with E-state index in [9.17, 15) is 14.4 Å². The lowest BCUT2D eigenvalue weighted by Crippen LogP contribution is -2.46. The van der Waals surface area contributed by atoms with Crippen molar-refractivity contribution in [2.24, 2.45) is 0 Å². The third-order valence-electron chi connectivity index (χ3n) is 3.90. The van der Waals surface area contributed by atoms with E-state index in [1.165, 1.54) is 0 Å². The molecule has 1 saturated heterocycles.